The van der Waals surface area contributed by atoms with Gasteiger partial charge in [0.15, 0.2) is 11.5 Å². The Morgan fingerprint density at radius 3 is 2.65 bits per heavy atom. The molecule has 2 heterocycles. The standard InChI is InChI=1S/C17H24N4O2/c1-12(2)21(13(3)4)9-8-19-17(22)15-10-16(23-20-15)14-6-5-7-18-11-14/h5-7,10-13H,8-9H2,1-4H3,(H,19,22). The van der Waals surface area contributed by atoms with Gasteiger partial charge in [0, 0.05) is 49.2 Å². The second kappa shape index (κ2) is 7.87. The van der Waals surface area contributed by atoms with Gasteiger partial charge in [-0.1, -0.05) is 5.16 Å². The average molecular weight is 316 g/mol. The van der Waals surface area contributed by atoms with Crippen molar-refractivity contribution in [3.63, 3.8) is 0 Å². The lowest BCUT2D eigenvalue weighted by Gasteiger charge is -2.30. The Labute approximate surface area is 136 Å². The fourth-order valence-electron chi connectivity index (χ4n) is 2.53. The third-order valence-electron chi connectivity index (χ3n) is 3.67. The molecule has 124 valence electrons. The van der Waals surface area contributed by atoms with Crippen LogP contribution in [0.1, 0.15) is 38.2 Å². The van der Waals surface area contributed by atoms with E-state index in [0.717, 1.165) is 12.1 Å². The zero-order valence-electron chi connectivity index (χ0n) is 14.1. The zero-order valence-corrected chi connectivity index (χ0v) is 14.1. The fourth-order valence-corrected chi connectivity index (χ4v) is 2.53. The molecule has 1 amide bonds. The van der Waals surface area contributed by atoms with Gasteiger partial charge in [0.25, 0.3) is 5.91 Å². The number of nitrogens with zero attached hydrogens (tertiary/aromatic N) is 3. The number of nitrogens with one attached hydrogen (secondary N) is 1. The van der Waals surface area contributed by atoms with Crippen LogP contribution in [-0.4, -0.2) is 46.1 Å². The molecule has 0 radical (unpaired) electrons. The molecule has 0 aromatic carbocycles. The lowest BCUT2D eigenvalue weighted by molar-refractivity contribution is 0.0930. The first kappa shape index (κ1) is 17.1. The van der Waals surface area contributed by atoms with E-state index in [-0.39, 0.29) is 11.6 Å². The van der Waals surface area contributed by atoms with Crippen LogP contribution in [-0.2, 0) is 0 Å². The van der Waals surface area contributed by atoms with Crippen LogP contribution in [0, 0.1) is 0 Å². The predicted octanol–water partition coefficient (Wildman–Crippen LogP) is 2.59. The van der Waals surface area contributed by atoms with Gasteiger partial charge in [-0.05, 0) is 39.8 Å². The lowest BCUT2D eigenvalue weighted by atomic mass is 10.2. The smallest absolute Gasteiger partial charge is 0.273 e. The number of hydrogen-bond donors (Lipinski definition) is 1. The van der Waals surface area contributed by atoms with Crippen LogP contribution >= 0.6 is 0 Å². The van der Waals surface area contributed by atoms with Gasteiger partial charge < -0.3 is 9.84 Å². The number of rotatable bonds is 7. The molecule has 0 aliphatic rings. The van der Waals surface area contributed by atoms with E-state index in [2.05, 4.69) is 48.1 Å². The van der Waals surface area contributed by atoms with E-state index < -0.39 is 0 Å². The van der Waals surface area contributed by atoms with Crippen molar-refractivity contribution >= 4 is 5.91 Å². The summed E-state index contributed by atoms with van der Waals surface area (Å²) in [5.74, 6) is 0.311. The lowest BCUT2D eigenvalue weighted by Crippen LogP contribution is -2.42. The number of amides is 1. The molecule has 0 saturated heterocycles. The van der Waals surface area contributed by atoms with E-state index >= 15 is 0 Å². The van der Waals surface area contributed by atoms with E-state index in [1.807, 2.05) is 12.1 Å². The van der Waals surface area contributed by atoms with Gasteiger partial charge in [0.05, 0.1) is 0 Å². The number of pyridine rings is 1. The molecule has 0 aliphatic carbocycles. The van der Waals surface area contributed by atoms with Crippen LogP contribution in [0.2, 0.25) is 0 Å². The summed E-state index contributed by atoms with van der Waals surface area (Å²) in [5, 5.41) is 6.72. The monoisotopic (exact) mass is 316 g/mol. The highest BCUT2D eigenvalue weighted by Crippen LogP contribution is 2.18. The first-order chi connectivity index (χ1) is 11.0. The molecule has 0 spiro atoms. The van der Waals surface area contributed by atoms with Gasteiger partial charge in [-0.2, -0.15) is 0 Å². The molecule has 2 aromatic heterocycles. The largest absolute Gasteiger partial charge is 0.355 e. The highest BCUT2D eigenvalue weighted by Gasteiger charge is 2.16. The predicted molar refractivity (Wildman–Crippen MR) is 89.0 cm³/mol. The number of hydrogen-bond acceptors (Lipinski definition) is 5. The van der Waals surface area contributed by atoms with Crippen LogP contribution in [0.5, 0.6) is 0 Å². The third kappa shape index (κ3) is 4.63. The topological polar surface area (TPSA) is 71.3 Å². The number of carbonyl (C=O) groups is 1. The molecule has 0 atom stereocenters. The molecular weight excluding hydrogens is 292 g/mol. The van der Waals surface area contributed by atoms with Crippen LogP contribution in [0.15, 0.2) is 35.1 Å². The molecular formula is C17H24N4O2. The van der Waals surface area contributed by atoms with E-state index in [1.165, 1.54) is 0 Å². The van der Waals surface area contributed by atoms with Crippen molar-refractivity contribution in [2.75, 3.05) is 13.1 Å². The SMILES string of the molecule is CC(C)N(CCNC(=O)c1cc(-c2cccnc2)on1)C(C)C. The number of carbonyl (C=O) groups excluding carboxylic acids is 1. The van der Waals surface area contributed by atoms with Gasteiger partial charge in [0.2, 0.25) is 0 Å². The van der Waals surface area contributed by atoms with Gasteiger partial charge in [-0.3, -0.25) is 14.7 Å². The fraction of sp³-hybridized carbons (Fsp3) is 0.471. The van der Waals surface area contributed by atoms with Crippen molar-refractivity contribution in [2.45, 2.75) is 39.8 Å². The Balaban J connectivity index is 1.91. The Hall–Kier alpha value is -2.21. The Morgan fingerprint density at radius 1 is 1.30 bits per heavy atom. The average Bonchev–Trinajstić information content (AvgIpc) is 3.01. The maximum atomic E-state index is 12.1. The van der Waals surface area contributed by atoms with E-state index in [4.69, 9.17) is 4.52 Å². The first-order valence-corrected chi connectivity index (χ1v) is 7.90. The Kier molecular flexibility index (Phi) is 5.87. The molecule has 0 aliphatic heterocycles. The Morgan fingerprint density at radius 2 is 2.04 bits per heavy atom. The third-order valence-corrected chi connectivity index (χ3v) is 3.67. The zero-order chi connectivity index (χ0) is 16.8. The second-order valence-corrected chi connectivity index (χ2v) is 6.00. The minimum absolute atomic E-state index is 0.226. The highest BCUT2D eigenvalue weighted by molar-refractivity contribution is 5.93. The Bertz CT molecular complexity index is 615. The first-order valence-electron chi connectivity index (χ1n) is 7.90. The van der Waals surface area contributed by atoms with Crippen molar-refractivity contribution in [3.8, 4) is 11.3 Å². The van der Waals surface area contributed by atoms with E-state index in [1.54, 1.807) is 18.5 Å². The molecule has 0 fully saturated rings. The van der Waals surface area contributed by atoms with Gasteiger partial charge in [0.1, 0.15) is 0 Å². The molecule has 1 N–H and O–H groups in total. The normalized spacial score (nSPS) is 11.4. The van der Waals surface area contributed by atoms with Crippen molar-refractivity contribution in [3.05, 3.63) is 36.3 Å². The maximum absolute atomic E-state index is 12.1. The summed E-state index contributed by atoms with van der Waals surface area (Å²) in [4.78, 5) is 18.5. The minimum atomic E-state index is -0.226. The second-order valence-electron chi connectivity index (χ2n) is 6.00. The molecule has 6 nitrogen and oxygen atoms in total. The summed E-state index contributed by atoms with van der Waals surface area (Å²) in [5.41, 5.74) is 1.08. The van der Waals surface area contributed by atoms with Gasteiger partial charge >= 0.3 is 0 Å². The number of aromatic nitrogens is 2. The minimum Gasteiger partial charge on any atom is -0.355 e. The van der Waals surface area contributed by atoms with Crippen molar-refractivity contribution in [1.29, 1.82) is 0 Å². The van der Waals surface area contributed by atoms with E-state index in [9.17, 15) is 4.79 Å². The van der Waals surface area contributed by atoms with Crippen molar-refractivity contribution < 1.29 is 9.32 Å². The van der Waals surface area contributed by atoms with Crippen LogP contribution in [0.4, 0.5) is 0 Å². The summed E-state index contributed by atoms with van der Waals surface area (Å²) >= 11 is 0. The molecule has 2 rings (SSSR count). The molecule has 0 bridgehead atoms. The van der Waals surface area contributed by atoms with Crippen molar-refractivity contribution in [2.24, 2.45) is 0 Å². The molecule has 0 saturated carbocycles. The van der Waals surface area contributed by atoms with Crippen molar-refractivity contribution in [1.82, 2.24) is 20.4 Å². The molecule has 6 heteroatoms. The summed E-state index contributed by atoms with van der Waals surface area (Å²) in [7, 11) is 0. The molecule has 2 aromatic rings. The van der Waals surface area contributed by atoms with Crippen LogP contribution in [0.3, 0.4) is 0 Å². The quantitative estimate of drug-likeness (QED) is 0.850. The van der Waals surface area contributed by atoms with Crippen LogP contribution < -0.4 is 5.32 Å². The van der Waals surface area contributed by atoms with Gasteiger partial charge in [-0.25, -0.2) is 0 Å². The maximum Gasteiger partial charge on any atom is 0.273 e. The molecule has 23 heavy (non-hydrogen) atoms. The summed E-state index contributed by atoms with van der Waals surface area (Å²) in [6.07, 6.45) is 3.36. The van der Waals surface area contributed by atoms with E-state index in [0.29, 0.717) is 24.4 Å². The van der Waals surface area contributed by atoms with Crippen LogP contribution in [0.25, 0.3) is 11.3 Å². The summed E-state index contributed by atoms with van der Waals surface area (Å²) in [6.45, 7) is 9.98. The summed E-state index contributed by atoms with van der Waals surface area (Å²) < 4.78 is 5.21. The van der Waals surface area contributed by atoms with Gasteiger partial charge in [-0.15, -0.1) is 0 Å². The highest BCUT2D eigenvalue weighted by atomic mass is 16.5. The summed E-state index contributed by atoms with van der Waals surface area (Å²) in [6, 6.07) is 6.18. The molecule has 0 unspecified atom stereocenters.